The molecule has 0 aromatic carbocycles. The van der Waals surface area contributed by atoms with E-state index in [-0.39, 0.29) is 44.6 Å². The van der Waals surface area contributed by atoms with Crippen molar-refractivity contribution < 1.29 is 69.5 Å². The van der Waals surface area contributed by atoms with Gasteiger partial charge in [0.25, 0.3) is 0 Å². The van der Waals surface area contributed by atoms with Crippen molar-refractivity contribution in [2.75, 3.05) is 0 Å². The summed E-state index contributed by atoms with van der Waals surface area (Å²) in [7, 11) is 0. The van der Waals surface area contributed by atoms with E-state index in [1.807, 2.05) is 26.8 Å². The normalized spacial score (nSPS) is 44.1. The zero-order chi connectivity index (χ0) is 27.9. The number of ketones is 1. The first-order chi connectivity index (χ1) is 17.6. The molecule has 9 atom stereocenters. The number of halogens is 2. The Balaban J connectivity index is 1.53. The molecule has 38 heavy (non-hydrogen) atoms. The molecule has 1 saturated heterocycles. The predicted molar refractivity (Wildman–Crippen MR) is 137 cm³/mol. The molecule has 6 unspecified atom stereocenters. The Labute approximate surface area is 250 Å². The summed E-state index contributed by atoms with van der Waals surface area (Å²) in [5.74, 6) is -0.157. The number of carbonyl (C=O) groups is 1. The topological polar surface area (TPSA) is 96.2 Å². The minimum atomic E-state index is -1.27. The van der Waals surface area contributed by atoms with Gasteiger partial charge in [-0.1, -0.05) is 0 Å². The van der Waals surface area contributed by atoms with Crippen LogP contribution in [0, 0.1) is 28.6 Å². The number of allylic oxidation sites excluding steroid dienone is 4. The van der Waals surface area contributed by atoms with E-state index in [1.54, 1.807) is 0 Å². The van der Waals surface area contributed by atoms with Crippen LogP contribution in [0.3, 0.4) is 0 Å². The zero-order valence-electron chi connectivity index (χ0n) is 23.9. The fourth-order valence-electron chi connectivity index (χ4n) is 8.90. The minimum absolute atomic E-state index is 0.0420. The Kier molecular flexibility index (Phi) is 7.87. The molecule has 1 aliphatic heterocycles. The molecule has 8 heteroatoms. The first kappa shape index (κ1) is 29.9. The quantitative estimate of drug-likeness (QED) is 0.216. The van der Waals surface area contributed by atoms with Gasteiger partial charge in [-0.2, -0.15) is 0 Å². The molecular weight excluding hydrogens is 710 g/mol. The van der Waals surface area contributed by atoms with Gasteiger partial charge < -0.3 is 0 Å². The van der Waals surface area contributed by atoms with Crippen LogP contribution in [0.15, 0.2) is 23.3 Å². The number of hydrogen-bond acceptors (Lipinski definition) is 6. The van der Waals surface area contributed by atoms with E-state index in [1.165, 1.54) is 5.57 Å². The van der Waals surface area contributed by atoms with Crippen LogP contribution in [0.2, 0.25) is 0 Å². The molecule has 0 bridgehead atoms. The first-order valence-corrected chi connectivity index (χ1v) is 18.5. The predicted octanol–water partition coefficient (Wildman–Crippen LogP) is -1.53. The van der Waals surface area contributed by atoms with Crippen LogP contribution < -0.4 is 43.2 Å². The number of fused-ring (bicyclic) bond motifs is 6. The summed E-state index contributed by atoms with van der Waals surface area (Å²) in [6.07, 6.45) is 9.68. The number of rotatable bonds is 7. The number of carbonyl (C=O) groups excluding carboxylic acids is 1. The Morgan fingerprint density at radius 3 is 2.42 bits per heavy atom. The third kappa shape index (κ3) is 4.35. The molecule has 0 spiro atoms. The molecule has 6 nitrogen and oxygen atoms in total. The molecule has 0 amide bonds. The fraction of sp³-hybridized carbons (Fsp3) is 0.833. The van der Waals surface area contributed by atoms with Crippen LogP contribution in [-0.4, -0.2) is 48.7 Å². The molecule has 3 N–H and O–H groups in total. The Morgan fingerprint density at radius 1 is 1.11 bits per heavy atom. The summed E-state index contributed by atoms with van der Waals surface area (Å²) in [4.78, 5) is 13.8. The molecule has 0 radical (unpaired) electrons. The molecular formula is C30H46I2O6-2. The SMILES string of the molecule is CC(C)CCC([I-]O)[C@](C)(O)C1CCC2([I-]O)C3=CC(=O)C4C[C@H]5OC(C)(C)O[C@H]5CC4(C)C3=CCC12C. The van der Waals surface area contributed by atoms with E-state index in [0.717, 1.165) is 44.1 Å². The fourth-order valence-corrected chi connectivity index (χ4v) is 12.9. The molecule has 1 heterocycles. The van der Waals surface area contributed by atoms with E-state index in [2.05, 4.69) is 33.8 Å². The van der Waals surface area contributed by atoms with Crippen LogP contribution in [-0.2, 0) is 14.3 Å². The summed E-state index contributed by atoms with van der Waals surface area (Å²) in [5, 5.41) is 12.1. The monoisotopic (exact) mass is 756 g/mol. The average Bonchev–Trinajstić information content (AvgIpc) is 3.30. The summed E-state index contributed by atoms with van der Waals surface area (Å²) in [6.45, 7) is 14.7. The van der Waals surface area contributed by atoms with Crippen LogP contribution in [0.4, 0.5) is 0 Å². The summed E-state index contributed by atoms with van der Waals surface area (Å²) < 4.78 is 33.6. The second-order valence-corrected chi connectivity index (χ2v) is 18.4. The molecule has 0 aromatic rings. The third-order valence-electron chi connectivity index (χ3n) is 10.9. The van der Waals surface area contributed by atoms with Gasteiger partial charge in [0.15, 0.2) is 0 Å². The van der Waals surface area contributed by atoms with Crippen LogP contribution in [0.1, 0.15) is 93.4 Å². The van der Waals surface area contributed by atoms with Crippen LogP contribution in [0.25, 0.3) is 0 Å². The van der Waals surface area contributed by atoms with Crippen molar-refractivity contribution in [2.24, 2.45) is 28.6 Å². The molecule has 2 saturated carbocycles. The van der Waals surface area contributed by atoms with Gasteiger partial charge in [-0.05, 0) is 0 Å². The molecule has 5 rings (SSSR count). The van der Waals surface area contributed by atoms with Gasteiger partial charge in [0.1, 0.15) is 0 Å². The number of aliphatic hydroxyl groups is 1. The van der Waals surface area contributed by atoms with Crippen molar-refractivity contribution in [3.8, 4) is 0 Å². The Morgan fingerprint density at radius 2 is 1.79 bits per heavy atom. The average molecular weight is 756 g/mol. The van der Waals surface area contributed by atoms with Crippen molar-refractivity contribution in [3.05, 3.63) is 23.3 Å². The zero-order valence-corrected chi connectivity index (χ0v) is 28.2. The van der Waals surface area contributed by atoms with E-state index >= 15 is 0 Å². The molecule has 4 aliphatic carbocycles. The van der Waals surface area contributed by atoms with Gasteiger partial charge in [0, 0.05) is 0 Å². The second kappa shape index (κ2) is 10.0. The summed E-state index contributed by atoms with van der Waals surface area (Å²) in [5.41, 5.74) is 0.542. The summed E-state index contributed by atoms with van der Waals surface area (Å²) >= 11 is -2.41. The van der Waals surface area contributed by atoms with Crippen molar-refractivity contribution in [1.82, 2.24) is 0 Å². The molecule has 3 fully saturated rings. The third-order valence-corrected chi connectivity index (χ3v) is 16.6. The number of hydrogen-bond donors (Lipinski definition) is 3. The van der Waals surface area contributed by atoms with Gasteiger partial charge in [0.05, 0.1) is 0 Å². The Bertz CT molecular complexity index is 1040. The van der Waals surface area contributed by atoms with E-state index < -0.39 is 58.0 Å². The van der Waals surface area contributed by atoms with E-state index in [9.17, 15) is 16.8 Å². The van der Waals surface area contributed by atoms with E-state index in [0.29, 0.717) is 12.3 Å². The molecule has 0 aromatic heterocycles. The van der Waals surface area contributed by atoms with Crippen molar-refractivity contribution >= 4 is 5.78 Å². The maximum absolute atomic E-state index is 13.8. The van der Waals surface area contributed by atoms with Gasteiger partial charge >= 0.3 is 252 Å². The van der Waals surface area contributed by atoms with Crippen molar-refractivity contribution in [3.63, 3.8) is 0 Å². The van der Waals surface area contributed by atoms with E-state index in [4.69, 9.17) is 9.47 Å². The standard InChI is InChI=1S/C30H46I2O6/c1-17(2)8-9-25(31-35)29(7,34)24-11-13-30(32-36)19-14-21(33)20-15-22-23(38-26(3,4)37-22)16-27(20,5)18(19)10-12-28(24,30)6/h10,14,17,20,22-25,34-36H,8-9,11-13,15-16H2,1-7H3/q-2/t20?,22-,23+,24?,25?,27?,28?,29-,30?/m1/s1. The first-order valence-electron chi connectivity index (χ1n) is 14.3. The van der Waals surface area contributed by atoms with Gasteiger partial charge in [-0.3, -0.25) is 0 Å². The second-order valence-electron chi connectivity index (χ2n) is 14.1. The summed E-state index contributed by atoms with van der Waals surface area (Å²) in [6, 6.07) is 0. The van der Waals surface area contributed by atoms with Gasteiger partial charge in [-0.15, -0.1) is 0 Å². The number of alkyl halides is 2. The van der Waals surface area contributed by atoms with Crippen molar-refractivity contribution in [1.29, 1.82) is 0 Å². The molecule has 218 valence electrons. The van der Waals surface area contributed by atoms with Crippen molar-refractivity contribution in [2.45, 2.75) is 124 Å². The number of ether oxygens (including phenoxy) is 2. The Hall–Kier alpha value is 0.410. The maximum atomic E-state index is 13.8. The van der Waals surface area contributed by atoms with Crippen LogP contribution in [0.5, 0.6) is 0 Å². The van der Waals surface area contributed by atoms with Gasteiger partial charge in [0.2, 0.25) is 0 Å². The molecule has 5 aliphatic rings. The van der Waals surface area contributed by atoms with Gasteiger partial charge in [-0.25, -0.2) is 0 Å². The van der Waals surface area contributed by atoms with Crippen LogP contribution >= 0.6 is 0 Å².